The van der Waals surface area contributed by atoms with Gasteiger partial charge in [0.25, 0.3) is 0 Å². The van der Waals surface area contributed by atoms with Crippen molar-refractivity contribution in [3.63, 3.8) is 0 Å². The van der Waals surface area contributed by atoms with Crippen molar-refractivity contribution < 1.29 is 17.9 Å². The highest BCUT2D eigenvalue weighted by Crippen LogP contribution is 2.35. The number of halogens is 3. The maximum absolute atomic E-state index is 12.9. The van der Waals surface area contributed by atoms with E-state index in [2.05, 4.69) is 12.2 Å². The molecule has 0 unspecified atom stereocenters. The van der Waals surface area contributed by atoms with E-state index in [1.807, 2.05) is 20.8 Å². The van der Waals surface area contributed by atoms with E-state index >= 15 is 0 Å². The number of rotatable bonds is 4. The third-order valence-electron chi connectivity index (χ3n) is 2.81. The summed E-state index contributed by atoms with van der Waals surface area (Å²) in [6, 6.07) is 3.62. The van der Waals surface area contributed by atoms with Gasteiger partial charge in [-0.1, -0.05) is 19.1 Å². The molecule has 0 aliphatic heterocycles. The minimum absolute atomic E-state index is 0.152. The highest BCUT2D eigenvalue weighted by atomic mass is 32.1. The van der Waals surface area contributed by atoms with Crippen LogP contribution in [0.5, 0.6) is 5.75 Å². The summed E-state index contributed by atoms with van der Waals surface area (Å²) >= 11 is 4.63. The van der Waals surface area contributed by atoms with Crippen LogP contribution in [-0.4, -0.2) is 10.6 Å². The molecule has 0 aliphatic rings. The second-order valence-electron chi connectivity index (χ2n) is 4.78. The first kappa shape index (κ1) is 15.8. The Morgan fingerprint density at radius 3 is 2.32 bits per heavy atom. The quantitative estimate of drug-likeness (QED) is 0.854. The third-order valence-corrected chi connectivity index (χ3v) is 3.03. The second kappa shape index (κ2) is 5.36. The molecule has 0 aliphatic carbocycles. The van der Waals surface area contributed by atoms with E-state index in [4.69, 9.17) is 10.5 Å². The van der Waals surface area contributed by atoms with Crippen molar-refractivity contribution in [1.29, 1.82) is 0 Å². The van der Waals surface area contributed by atoms with Gasteiger partial charge in [-0.3, -0.25) is 0 Å². The van der Waals surface area contributed by atoms with Crippen LogP contribution in [0.2, 0.25) is 0 Å². The first-order valence-corrected chi connectivity index (χ1v) is 6.17. The lowest BCUT2D eigenvalue weighted by molar-refractivity contribution is -0.137. The molecule has 0 radical (unpaired) electrons. The van der Waals surface area contributed by atoms with Gasteiger partial charge in [0, 0.05) is 5.56 Å². The van der Waals surface area contributed by atoms with E-state index in [0.29, 0.717) is 6.42 Å². The van der Waals surface area contributed by atoms with Crippen LogP contribution in [0.1, 0.15) is 38.3 Å². The van der Waals surface area contributed by atoms with Gasteiger partial charge in [0.1, 0.15) is 16.3 Å². The first-order valence-electron chi connectivity index (χ1n) is 5.77. The Bertz CT molecular complexity index is 483. The Balaban J connectivity index is 3.23. The number of hydrogen-bond donors (Lipinski definition) is 1. The fourth-order valence-electron chi connectivity index (χ4n) is 1.43. The van der Waals surface area contributed by atoms with Crippen LogP contribution in [0.3, 0.4) is 0 Å². The Kier molecular flexibility index (Phi) is 4.45. The van der Waals surface area contributed by atoms with Gasteiger partial charge < -0.3 is 10.5 Å². The van der Waals surface area contributed by atoms with E-state index in [1.54, 1.807) is 0 Å². The van der Waals surface area contributed by atoms with Gasteiger partial charge in [0.15, 0.2) is 0 Å². The number of ether oxygens (including phenoxy) is 1. The largest absolute Gasteiger partial charge is 0.488 e. The van der Waals surface area contributed by atoms with E-state index in [9.17, 15) is 13.2 Å². The molecule has 1 aromatic carbocycles. The fourth-order valence-corrected chi connectivity index (χ4v) is 1.61. The van der Waals surface area contributed by atoms with Gasteiger partial charge in [0.05, 0.1) is 5.56 Å². The van der Waals surface area contributed by atoms with Gasteiger partial charge in [-0.15, -0.1) is 0 Å². The molecule has 0 spiro atoms. The maximum atomic E-state index is 12.9. The summed E-state index contributed by atoms with van der Waals surface area (Å²) in [5, 5.41) is 0. The summed E-state index contributed by atoms with van der Waals surface area (Å²) in [5.74, 6) is 0.152. The van der Waals surface area contributed by atoms with Crippen molar-refractivity contribution in [1.82, 2.24) is 0 Å². The van der Waals surface area contributed by atoms with Gasteiger partial charge >= 0.3 is 6.18 Å². The molecule has 0 heterocycles. The molecule has 106 valence electrons. The molecule has 0 bridgehead atoms. The van der Waals surface area contributed by atoms with E-state index < -0.39 is 17.3 Å². The Morgan fingerprint density at radius 1 is 1.32 bits per heavy atom. The van der Waals surface area contributed by atoms with Crippen molar-refractivity contribution in [2.45, 2.75) is 39.0 Å². The molecule has 2 N–H and O–H groups in total. The molecule has 1 aromatic rings. The lowest BCUT2D eigenvalue weighted by Gasteiger charge is -2.25. The lowest BCUT2D eigenvalue weighted by atomic mass is 10.0. The number of thiocarbonyl (C=S) groups is 1. The summed E-state index contributed by atoms with van der Waals surface area (Å²) in [6.45, 7) is 5.51. The Hall–Kier alpha value is -1.30. The van der Waals surface area contributed by atoms with Crippen LogP contribution >= 0.6 is 12.2 Å². The van der Waals surface area contributed by atoms with Crippen molar-refractivity contribution >= 4 is 17.2 Å². The highest BCUT2D eigenvalue weighted by molar-refractivity contribution is 7.80. The van der Waals surface area contributed by atoms with Gasteiger partial charge in [-0.2, -0.15) is 13.2 Å². The zero-order valence-electron chi connectivity index (χ0n) is 11.0. The molecule has 6 heteroatoms. The number of benzene rings is 1. The second-order valence-corrected chi connectivity index (χ2v) is 5.22. The standard InChI is InChI=1S/C13H16F3NOS/c1-4-12(2,3)18-8-5-6-9(11(17)19)10(7-8)13(14,15)16/h5-7H,4H2,1-3H3,(H2,17,19). The molecular weight excluding hydrogens is 275 g/mol. The predicted molar refractivity (Wildman–Crippen MR) is 72.3 cm³/mol. The average molecular weight is 291 g/mol. The topological polar surface area (TPSA) is 35.2 Å². The number of alkyl halides is 3. The Morgan fingerprint density at radius 2 is 1.89 bits per heavy atom. The molecule has 0 amide bonds. The van der Waals surface area contributed by atoms with Gasteiger partial charge in [-0.05, 0) is 38.5 Å². The highest BCUT2D eigenvalue weighted by Gasteiger charge is 2.35. The number of hydrogen-bond acceptors (Lipinski definition) is 2. The van der Waals surface area contributed by atoms with Crippen LogP contribution in [0.15, 0.2) is 18.2 Å². The predicted octanol–water partition coefficient (Wildman–Crippen LogP) is 3.91. The van der Waals surface area contributed by atoms with Crippen LogP contribution in [0, 0.1) is 0 Å². The van der Waals surface area contributed by atoms with Crippen molar-refractivity contribution in [3.8, 4) is 5.75 Å². The zero-order chi connectivity index (χ0) is 14.8. The smallest absolute Gasteiger partial charge is 0.417 e. The summed E-state index contributed by atoms with van der Waals surface area (Å²) in [6.07, 6.45) is -3.85. The maximum Gasteiger partial charge on any atom is 0.417 e. The minimum atomic E-state index is -4.52. The molecule has 0 saturated carbocycles. The normalized spacial score (nSPS) is 12.3. The molecule has 0 aromatic heterocycles. The first-order chi connectivity index (χ1) is 8.57. The summed E-state index contributed by atoms with van der Waals surface area (Å²) in [4.78, 5) is -0.284. The monoisotopic (exact) mass is 291 g/mol. The zero-order valence-corrected chi connectivity index (χ0v) is 11.8. The minimum Gasteiger partial charge on any atom is -0.488 e. The summed E-state index contributed by atoms with van der Waals surface area (Å²) in [7, 11) is 0. The Labute approximate surface area is 115 Å². The van der Waals surface area contributed by atoms with Crippen molar-refractivity contribution in [2.24, 2.45) is 5.73 Å². The molecule has 19 heavy (non-hydrogen) atoms. The van der Waals surface area contributed by atoms with E-state index in [1.165, 1.54) is 12.1 Å². The fraction of sp³-hybridized carbons (Fsp3) is 0.462. The van der Waals surface area contributed by atoms with Crippen LogP contribution in [0.25, 0.3) is 0 Å². The molecule has 1 rings (SSSR count). The molecule has 0 saturated heterocycles. The van der Waals surface area contributed by atoms with Crippen molar-refractivity contribution in [3.05, 3.63) is 29.3 Å². The third kappa shape index (κ3) is 4.09. The van der Waals surface area contributed by atoms with E-state index in [-0.39, 0.29) is 16.3 Å². The average Bonchev–Trinajstić information content (AvgIpc) is 2.27. The van der Waals surface area contributed by atoms with E-state index in [0.717, 1.165) is 6.07 Å². The molecule has 2 nitrogen and oxygen atoms in total. The van der Waals surface area contributed by atoms with Crippen molar-refractivity contribution in [2.75, 3.05) is 0 Å². The molecule has 0 atom stereocenters. The van der Waals surface area contributed by atoms with Gasteiger partial charge in [-0.25, -0.2) is 0 Å². The van der Waals surface area contributed by atoms with Gasteiger partial charge in [0.2, 0.25) is 0 Å². The number of nitrogens with two attached hydrogens (primary N) is 1. The lowest BCUT2D eigenvalue weighted by Crippen LogP contribution is -2.27. The molecule has 0 fully saturated rings. The van der Waals surface area contributed by atoms with Crippen LogP contribution in [-0.2, 0) is 6.18 Å². The SMILES string of the molecule is CCC(C)(C)Oc1ccc(C(N)=S)c(C(F)(F)F)c1. The summed E-state index contributed by atoms with van der Waals surface area (Å²) in [5.41, 5.74) is 3.71. The van der Waals surface area contributed by atoms with Crippen LogP contribution in [0.4, 0.5) is 13.2 Å². The van der Waals surface area contributed by atoms with Crippen LogP contribution < -0.4 is 10.5 Å². The molecular formula is C13H16F3NOS. The summed E-state index contributed by atoms with van der Waals surface area (Å²) < 4.78 is 44.3.